The first kappa shape index (κ1) is 14.8. The van der Waals surface area contributed by atoms with E-state index in [4.69, 9.17) is 0 Å². The molecule has 0 aliphatic carbocycles. The maximum Gasteiger partial charge on any atom is 0.175 e. The van der Waals surface area contributed by atoms with E-state index in [0.29, 0.717) is 12.0 Å². The number of aryl methyl sites for hydroxylation is 1. The molecule has 2 aromatic rings. The van der Waals surface area contributed by atoms with E-state index in [-0.39, 0.29) is 4.90 Å². The fourth-order valence-electron chi connectivity index (χ4n) is 2.13. The van der Waals surface area contributed by atoms with Crippen molar-refractivity contribution < 1.29 is 13.5 Å². The summed E-state index contributed by atoms with van der Waals surface area (Å²) in [5, 5.41) is 10.3. The molecule has 1 atom stereocenters. The van der Waals surface area contributed by atoms with E-state index in [1.54, 1.807) is 12.1 Å². The van der Waals surface area contributed by atoms with Crippen molar-refractivity contribution >= 4 is 9.84 Å². The van der Waals surface area contributed by atoms with Crippen LogP contribution in [0.3, 0.4) is 0 Å². The first-order chi connectivity index (χ1) is 9.36. The van der Waals surface area contributed by atoms with Gasteiger partial charge in [-0.3, -0.25) is 0 Å². The van der Waals surface area contributed by atoms with Crippen LogP contribution in [0.15, 0.2) is 53.4 Å². The zero-order valence-corrected chi connectivity index (χ0v) is 12.4. The molecule has 2 rings (SSSR count). The van der Waals surface area contributed by atoms with Gasteiger partial charge in [-0.25, -0.2) is 8.42 Å². The smallest absolute Gasteiger partial charge is 0.175 e. The zero-order chi connectivity index (χ0) is 14.8. The van der Waals surface area contributed by atoms with Crippen molar-refractivity contribution in [2.45, 2.75) is 24.3 Å². The molecular weight excluding hydrogens is 272 g/mol. The molecule has 0 bridgehead atoms. The second-order valence-electron chi connectivity index (χ2n) is 5.05. The average molecular weight is 290 g/mol. The van der Waals surface area contributed by atoms with Gasteiger partial charge in [0.1, 0.15) is 0 Å². The van der Waals surface area contributed by atoms with Crippen LogP contribution in [0.25, 0.3) is 0 Å². The largest absolute Gasteiger partial charge is 0.388 e. The fourth-order valence-corrected chi connectivity index (χ4v) is 2.81. The summed E-state index contributed by atoms with van der Waals surface area (Å²) in [4.78, 5) is 0.235. The average Bonchev–Trinajstić information content (AvgIpc) is 2.38. The Balaban J connectivity index is 2.23. The van der Waals surface area contributed by atoms with Crippen LogP contribution in [0, 0.1) is 6.92 Å². The molecule has 0 saturated heterocycles. The predicted molar refractivity (Wildman–Crippen MR) is 79.4 cm³/mol. The van der Waals surface area contributed by atoms with Crippen LogP contribution in [0.4, 0.5) is 0 Å². The molecule has 20 heavy (non-hydrogen) atoms. The standard InChI is InChI=1S/C16H18O3S/c1-12-5-3-6-13(9-12)10-16(17)14-7-4-8-15(11-14)20(2,18)19/h3-9,11,16-17H,10H2,1-2H3. The highest BCUT2D eigenvalue weighted by Gasteiger charge is 2.13. The lowest BCUT2D eigenvalue weighted by Gasteiger charge is -2.12. The van der Waals surface area contributed by atoms with E-state index in [1.807, 2.05) is 31.2 Å². The van der Waals surface area contributed by atoms with Gasteiger partial charge in [0, 0.05) is 12.7 Å². The second-order valence-corrected chi connectivity index (χ2v) is 7.07. The summed E-state index contributed by atoms with van der Waals surface area (Å²) in [5.41, 5.74) is 2.79. The summed E-state index contributed by atoms with van der Waals surface area (Å²) < 4.78 is 23.1. The number of rotatable bonds is 4. The number of aliphatic hydroxyl groups is 1. The van der Waals surface area contributed by atoms with Crippen LogP contribution in [0.2, 0.25) is 0 Å². The van der Waals surface area contributed by atoms with Crippen molar-refractivity contribution in [2.75, 3.05) is 6.26 Å². The summed E-state index contributed by atoms with van der Waals surface area (Å²) in [6, 6.07) is 14.4. The molecule has 0 saturated carbocycles. The highest BCUT2D eigenvalue weighted by molar-refractivity contribution is 7.90. The van der Waals surface area contributed by atoms with E-state index in [1.165, 1.54) is 18.4 Å². The molecule has 4 heteroatoms. The highest BCUT2D eigenvalue weighted by atomic mass is 32.2. The minimum atomic E-state index is -3.25. The van der Waals surface area contributed by atoms with Gasteiger partial charge in [-0.15, -0.1) is 0 Å². The number of aliphatic hydroxyl groups excluding tert-OH is 1. The first-order valence-electron chi connectivity index (χ1n) is 6.40. The van der Waals surface area contributed by atoms with E-state index in [0.717, 1.165) is 11.1 Å². The van der Waals surface area contributed by atoms with E-state index in [2.05, 4.69) is 0 Å². The summed E-state index contributed by atoms with van der Waals surface area (Å²) in [7, 11) is -3.25. The summed E-state index contributed by atoms with van der Waals surface area (Å²) in [5.74, 6) is 0. The molecule has 2 aromatic carbocycles. The quantitative estimate of drug-likeness (QED) is 0.942. The van der Waals surface area contributed by atoms with Crippen molar-refractivity contribution in [3.8, 4) is 0 Å². The van der Waals surface area contributed by atoms with Crippen LogP contribution < -0.4 is 0 Å². The van der Waals surface area contributed by atoms with Crippen LogP contribution in [0.1, 0.15) is 22.8 Å². The second kappa shape index (κ2) is 5.77. The summed E-state index contributed by atoms with van der Waals surface area (Å²) in [6.45, 7) is 2.00. The molecule has 1 N–H and O–H groups in total. The molecule has 0 aliphatic rings. The lowest BCUT2D eigenvalue weighted by molar-refractivity contribution is 0.178. The lowest BCUT2D eigenvalue weighted by atomic mass is 10.0. The third-order valence-electron chi connectivity index (χ3n) is 3.18. The SMILES string of the molecule is Cc1cccc(CC(O)c2cccc(S(C)(=O)=O)c2)c1. The van der Waals surface area contributed by atoms with Crippen molar-refractivity contribution in [1.29, 1.82) is 0 Å². The first-order valence-corrected chi connectivity index (χ1v) is 8.29. The Labute approximate surface area is 119 Å². The highest BCUT2D eigenvalue weighted by Crippen LogP contribution is 2.21. The Morgan fingerprint density at radius 3 is 2.45 bits per heavy atom. The number of hydrogen-bond acceptors (Lipinski definition) is 3. The van der Waals surface area contributed by atoms with Gasteiger partial charge in [-0.2, -0.15) is 0 Å². The van der Waals surface area contributed by atoms with Gasteiger partial charge in [0.25, 0.3) is 0 Å². The summed E-state index contributed by atoms with van der Waals surface area (Å²) in [6.07, 6.45) is 0.923. The van der Waals surface area contributed by atoms with Gasteiger partial charge in [0.05, 0.1) is 11.0 Å². The zero-order valence-electron chi connectivity index (χ0n) is 11.6. The van der Waals surface area contributed by atoms with E-state index >= 15 is 0 Å². The van der Waals surface area contributed by atoms with Crippen molar-refractivity contribution in [3.63, 3.8) is 0 Å². The van der Waals surface area contributed by atoms with Crippen LogP contribution in [-0.4, -0.2) is 19.8 Å². The monoisotopic (exact) mass is 290 g/mol. The van der Waals surface area contributed by atoms with Crippen LogP contribution in [-0.2, 0) is 16.3 Å². The number of sulfone groups is 1. The van der Waals surface area contributed by atoms with Crippen molar-refractivity contribution in [3.05, 3.63) is 65.2 Å². The van der Waals surface area contributed by atoms with Gasteiger partial charge in [0.15, 0.2) is 9.84 Å². The van der Waals surface area contributed by atoms with Crippen molar-refractivity contribution in [1.82, 2.24) is 0 Å². The Kier molecular flexibility index (Phi) is 4.26. The maximum absolute atomic E-state index is 11.5. The van der Waals surface area contributed by atoms with Crippen molar-refractivity contribution in [2.24, 2.45) is 0 Å². The molecule has 1 unspecified atom stereocenters. The molecule has 0 fully saturated rings. The molecule has 0 radical (unpaired) electrons. The van der Waals surface area contributed by atoms with Gasteiger partial charge < -0.3 is 5.11 Å². The molecule has 106 valence electrons. The lowest BCUT2D eigenvalue weighted by Crippen LogP contribution is -2.04. The molecule has 0 aliphatic heterocycles. The Bertz CT molecular complexity index is 705. The normalized spacial score (nSPS) is 13.2. The minimum absolute atomic E-state index is 0.235. The third-order valence-corrected chi connectivity index (χ3v) is 4.29. The van der Waals surface area contributed by atoms with E-state index < -0.39 is 15.9 Å². The fraction of sp³-hybridized carbons (Fsp3) is 0.250. The van der Waals surface area contributed by atoms with Gasteiger partial charge in [0.2, 0.25) is 0 Å². The molecule has 0 amide bonds. The molecule has 0 heterocycles. The Hall–Kier alpha value is -1.65. The van der Waals surface area contributed by atoms with Gasteiger partial charge in [-0.05, 0) is 30.2 Å². The molecule has 0 spiro atoms. The third kappa shape index (κ3) is 3.68. The molecular formula is C16H18O3S. The van der Waals surface area contributed by atoms with Crippen LogP contribution >= 0.6 is 0 Å². The minimum Gasteiger partial charge on any atom is -0.388 e. The number of benzene rings is 2. The topological polar surface area (TPSA) is 54.4 Å². The predicted octanol–water partition coefficient (Wildman–Crippen LogP) is 2.67. The summed E-state index contributed by atoms with van der Waals surface area (Å²) >= 11 is 0. The Morgan fingerprint density at radius 1 is 1.10 bits per heavy atom. The molecule has 0 aromatic heterocycles. The maximum atomic E-state index is 11.5. The van der Waals surface area contributed by atoms with Gasteiger partial charge >= 0.3 is 0 Å². The van der Waals surface area contributed by atoms with Gasteiger partial charge in [-0.1, -0.05) is 42.0 Å². The van der Waals surface area contributed by atoms with Crippen LogP contribution in [0.5, 0.6) is 0 Å². The number of hydrogen-bond donors (Lipinski definition) is 1. The molecule has 3 nitrogen and oxygen atoms in total. The Morgan fingerprint density at radius 2 is 1.80 bits per heavy atom. The van der Waals surface area contributed by atoms with E-state index in [9.17, 15) is 13.5 Å².